The van der Waals surface area contributed by atoms with Crippen LogP contribution in [0.5, 0.6) is 0 Å². The Morgan fingerprint density at radius 1 is 1.04 bits per heavy atom. The van der Waals surface area contributed by atoms with E-state index in [1.807, 2.05) is 36.4 Å². The van der Waals surface area contributed by atoms with E-state index in [1.54, 1.807) is 0 Å². The van der Waals surface area contributed by atoms with Crippen LogP contribution >= 0.6 is 0 Å². The monoisotopic (exact) mass is 342 g/mol. The van der Waals surface area contributed by atoms with E-state index >= 15 is 0 Å². The molecule has 1 aliphatic rings. The zero-order valence-electron chi connectivity index (χ0n) is 16.9. The molecule has 0 aliphatic heterocycles. The molecule has 0 saturated heterocycles. The molecule has 1 aliphatic carbocycles. The quantitative estimate of drug-likeness (QED) is 0.298. The smallest absolute Gasteiger partial charge is 0.146 e. The Kier molecular flexibility index (Phi) is 10.5. The summed E-state index contributed by atoms with van der Waals surface area (Å²) in [5.74, 6) is 1.00. The third-order valence-corrected chi connectivity index (χ3v) is 5.20. The summed E-state index contributed by atoms with van der Waals surface area (Å²) in [5.41, 5.74) is 2.58. The maximum Gasteiger partial charge on any atom is 0.146 e. The average Bonchev–Trinajstić information content (AvgIpc) is 2.62. The van der Waals surface area contributed by atoms with Gasteiger partial charge in [-0.05, 0) is 54.2 Å². The van der Waals surface area contributed by atoms with E-state index in [4.69, 9.17) is 0 Å². The molecule has 0 radical (unpaired) electrons. The molecule has 0 N–H and O–H groups in total. The normalized spacial score (nSPS) is 16.1. The third-order valence-electron chi connectivity index (χ3n) is 5.20. The van der Waals surface area contributed by atoms with Crippen molar-refractivity contribution >= 4 is 12.4 Å². The van der Waals surface area contributed by atoms with Crippen molar-refractivity contribution in [3.8, 4) is 0 Å². The van der Waals surface area contributed by atoms with Crippen molar-refractivity contribution in [3.63, 3.8) is 0 Å². The van der Waals surface area contributed by atoms with Gasteiger partial charge in [0.1, 0.15) is 6.29 Å². The second-order valence-electron chi connectivity index (χ2n) is 8.41. The van der Waals surface area contributed by atoms with Gasteiger partial charge in [-0.25, -0.2) is 0 Å². The highest BCUT2D eigenvalue weighted by atomic mass is 16.1. The van der Waals surface area contributed by atoms with Crippen LogP contribution in [-0.2, 0) is 4.79 Å². The minimum absolute atomic E-state index is 0.570. The molecule has 1 fully saturated rings. The first-order valence-corrected chi connectivity index (χ1v) is 10.2. The fraction of sp³-hybridized carbons (Fsp3) is 0.625. The molecule has 1 aromatic carbocycles. The standard InChI is InChI=1S/C14H18O.C10H20/c1-2-3-5-10-14(12-15)11-13-8-6-4-7-9-13;1-10(2,3)9-7-5-4-6-8-9/h4,6-9,11-12H,2-3,5,10H2,1H3;9H,4-8H2,1-3H3/b14-11-;. The second kappa shape index (κ2) is 12.1. The maximum atomic E-state index is 10.8. The summed E-state index contributed by atoms with van der Waals surface area (Å²) in [6.45, 7) is 9.30. The molecule has 1 nitrogen and oxygen atoms in total. The van der Waals surface area contributed by atoms with Gasteiger partial charge < -0.3 is 0 Å². The van der Waals surface area contributed by atoms with Gasteiger partial charge in [0, 0.05) is 0 Å². The van der Waals surface area contributed by atoms with Crippen LogP contribution in [0.1, 0.15) is 91.0 Å². The zero-order valence-corrected chi connectivity index (χ0v) is 16.9. The topological polar surface area (TPSA) is 17.1 Å². The Hall–Kier alpha value is -1.37. The SMILES string of the molecule is CC(C)(C)C1CCCCC1.CCCCC/C(C=O)=C/c1ccccc1. The largest absolute Gasteiger partial charge is 0.298 e. The molecule has 0 amide bonds. The highest BCUT2D eigenvalue weighted by molar-refractivity contribution is 5.81. The van der Waals surface area contributed by atoms with E-state index in [-0.39, 0.29) is 0 Å². The first-order chi connectivity index (χ1) is 12.0. The summed E-state index contributed by atoms with van der Waals surface area (Å²) in [6, 6.07) is 9.99. The van der Waals surface area contributed by atoms with E-state index in [0.29, 0.717) is 5.41 Å². The van der Waals surface area contributed by atoms with Crippen molar-refractivity contribution in [2.45, 2.75) is 85.5 Å². The Labute approximate surface area is 155 Å². The van der Waals surface area contributed by atoms with Crippen LogP contribution in [0.2, 0.25) is 0 Å². The predicted octanol–water partition coefficient (Wildman–Crippen LogP) is 7.46. The fourth-order valence-corrected chi connectivity index (χ4v) is 3.48. The zero-order chi connectivity index (χ0) is 18.5. The lowest BCUT2D eigenvalue weighted by molar-refractivity contribution is -0.105. The lowest BCUT2D eigenvalue weighted by Gasteiger charge is -2.33. The molecular formula is C24H38O. The summed E-state index contributed by atoms with van der Waals surface area (Å²) in [7, 11) is 0. The number of hydrogen-bond donors (Lipinski definition) is 0. The first kappa shape index (κ1) is 21.7. The molecule has 1 saturated carbocycles. The van der Waals surface area contributed by atoms with Crippen LogP contribution in [0.15, 0.2) is 35.9 Å². The Morgan fingerprint density at radius 3 is 2.16 bits per heavy atom. The number of hydrogen-bond acceptors (Lipinski definition) is 1. The minimum atomic E-state index is 0.570. The number of carbonyl (C=O) groups is 1. The van der Waals surface area contributed by atoms with Gasteiger partial charge in [0.05, 0.1) is 0 Å². The Bertz CT molecular complexity index is 487. The van der Waals surface area contributed by atoms with Gasteiger partial charge in [-0.1, -0.05) is 90.1 Å². The van der Waals surface area contributed by atoms with Gasteiger partial charge in [0.25, 0.3) is 0 Å². The van der Waals surface area contributed by atoms with Gasteiger partial charge in [0.2, 0.25) is 0 Å². The van der Waals surface area contributed by atoms with Crippen molar-refractivity contribution in [3.05, 3.63) is 41.5 Å². The molecule has 140 valence electrons. The van der Waals surface area contributed by atoms with E-state index in [0.717, 1.165) is 36.2 Å². The average molecular weight is 343 g/mol. The summed E-state index contributed by atoms with van der Waals surface area (Å²) in [5, 5.41) is 0. The molecule has 0 atom stereocenters. The molecule has 0 bridgehead atoms. The highest BCUT2D eigenvalue weighted by Crippen LogP contribution is 2.37. The van der Waals surface area contributed by atoms with Crippen molar-refractivity contribution in [2.75, 3.05) is 0 Å². The molecule has 0 spiro atoms. The summed E-state index contributed by atoms with van der Waals surface area (Å²) < 4.78 is 0. The first-order valence-electron chi connectivity index (χ1n) is 10.2. The van der Waals surface area contributed by atoms with Crippen molar-refractivity contribution in [2.24, 2.45) is 11.3 Å². The van der Waals surface area contributed by atoms with Crippen LogP contribution in [-0.4, -0.2) is 6.29 Å². The summed E-state index contributed by atoms with van der Waals surface area (Å²) in [4.78, 5) is 10.8. The van der Waals surface area contributed by atoms with Crippen LogP contribution in [0.3, 0.4) is 0 Å². The van der Waals surface area contributed by atoms with Crippen LogP contribution in [0.25, 0.3) is 6.08 Å². The molecule has 0 aromatic heterocycles. The Balaban J connectivity index is 0.000000271. The number of unbranched alkanes of at least 4 members (excludes halogenated alkanes) is 2. The van der Waals surface area contributed by atoms with E-state index in [1.165, 1.54) is 44.9 Å². The predicted molar refractivity (Wildman–Crippen MR) is 111 cm³/mol. The lowest BCUT2D eigenvalue weighted by Crippen LogP contribution is -2.22. The molecule has 2 rings (SSSR count). The molecule has 0 heterocycles. The Morgan fingerprint density at radius 2 is 1.68 bits per heavy atom. The van der Waals surface area contributed by atoms with E-state index in [2.05, 4.69) is 27.7 Å². The van der Waals surface area contributed by atoms with Gasteiger partial charge in [-0.2, -0.15) is 0 Å². The molecule has 1 heteroatoms. The molecular weight excluding hydrogens is 304 g/mol. The number of aldehydes is 1. The van der Waals surface area contributed by atoms with Gasteiger partial charge in [0.15, 0.2) is 0 Å². The molecule has 0 unspecified atom stereocenters. The fourth-order valence-electron chi connectivity index (χ4n) is 3.48. The van der Waals surface area contributed by atoms with Gasteiger partial charge in [-0.3, -0.25) is 4.79 Å². The van der Waals surface area contributed by atoms with Crippen LogP contribution in [0.4, 0.5) is 0 Å². The number of carbonyl (C=O) groups excluding carboxylic acids is 1. The third kappa shape index (κ3) is 9.63. The summed E-state index contributed by atoms with van der Waals surface area (Å²) in [6.07, 6.45) is 14.7. The van der Waals surface area contributed by atoms with Gasteiger partial charge >= 0.3 is 0 Å². The van der Waals surface area contributed by atoms with Gasteiger partial charge in [-0.15, -0.1) is 0 Å². The molecule has 1 aromatic rings. The van der Waals surface area contributed by atoms with Crippen molar-refractivity contribution in [1.82, 2.24) is 0 Å². The highest BCUT2D eigenvalue weighted by Gasteiger charge is 2.25. The van der Waals surface area contributed by atoms with E-state index in [9.17, 15) is 4.79 Å². The van der Waals surface area contributed by atoms with Crippen molar-refractivity contribution < 1.29 is 4.79 Å². The number of allylic oxidation sites excluding steroid dienone is 1. The maximum absolute atomic E-state index is 10.8. The van der Waals surface area contributed by atoms with E-state index < -0.39 is 0 Å². The second-order valence-corrected chi connectivity index (χ2v) is 8.41. The van der Waals surface area contributed by atoms with Crippen molar-refractivity contribution in [1.29, 1.82) is 0 Å². The minimum Gasteiger partial charge on any atom is -0.298 e. The summed E-state index contributed by atoms with van der Waals surface area (Å²) >= 11 is 0. The number of benzene rings is 1. The number of rotatable bonds is 6. The van der Waals surface area contributed by atoms with Crippen LogP contribution in [0, 0.1) is 11.3 Å². The van der Waals surface area contributed by atoms with Crippen LogP contribution < -0.4 is 0 Å². The molecule has 25 heavy (non-hydrogen) atoms. The lowest BCUT2D eigenvalue weighted by atomic mass is 9.72.